The lowest BCUT2D eigenvalue weighted by molar-refractivity contribution is -0.119. The molecule has 0 aliphatic heterocycles. The second kappa shape index (κ2) is 11.9. The zero-order chi connectivity index (χ0) is 21.2. The van der Waals surface area contributed by atoms with Gasteiger partial charge in [-0.1, -0.05) is 37.0 Å². The molecule has 0 bridgehead atoms. The summed E-state index contributed by atoms with van der Waals surface area (Å²) in [7, 11) is 0. The molecule has 0 aliphatic carbocycles. The summed E-state index contributed by atoms with van der Waals surface area (Å²) in [6, 6.07) is 12.4. The lowest BCUT2D eigenvalue weighted by Gasteiger charge is -2.12. The Morgan fingerprint density at radius 3 is 2.48 bits per heavy atom. The first-order chi connectivity index (χ1) is 13.8. The monoisotopic (exact) mass is 454 g/mol. The lowest BCUT2D eigenvalue weighted by Crippen LogP contribution is -2.34. The maximum atomic E-state index is 12.0. The number of benzene rings is 2. The Bertz CT molecular complexity index is 829. The van der Waals surface area contributed by atoms with Crippen LogP contribution in [-0.4, -0.2) is 24.2 Å². The van der Waals surface area contributed by atoms with Crippen LogP contribution in [0.4, 0.5) is 5.69 Å². The van der Waals surface area contributed by atoms with Crippen molar-refractivity contribution in [2.75, 3.05) is 18.5 Å². The number of anilines is 1. The molecule has 0 saturated heterocycles. The molecular weight excluding hydrogens is 431 g/mol. The molecule has 8 heteroatoms. The number of carbonyl (C=O) groups is 1. The van der Waals surface area contributed by atoms with Crippen LogP contribution in [0.3, 0.4) is 0 Å². The average molecular weight is 455 g/mol. The highest BCUT2D eigenvalue weighted by atomic mass is 35.5. The molecule has 0 saturated carbocycles. The molecule has 5 nitrogen and oxygen atoms in total. The molecule has 0 spiro atoms. The van der Waals surface area contributed by atoms with Crippen LogP contribution >= 0.6 is 35.4 Å². The number of thiocarbonyl (C=S) groups is 1. The van der Waals surface area contributed by atoms with Gasteiger partial charge in [-0.05, 0) is 67.0 Å². The highest BCUT2D eigenvalue weighted by molar-refractivity contribution is 7.80. The van der Waals surface area contributed by atoms with Gasteiger partial charge in [-0.15, -0.1) is 0 Å². The third-order valence-corrected chi connectivity index (χ3v) is 4.38. The SMILES string of the molecule is CC(C)COc1ccc(NC(=S)NC(=O)CCCOc2ccc(Cl)cc2Cl)cc1. The van der Waals surface area contributed by atoms with Crippen LogP contribution < -0.4 is 20.1 Å². The van der Waals surface area contributed by atoms with Crippen molar-refractivity contribution >= 4 is 52.1 Å². The third-order valence-electron chi connectivity index (χ3n) is 3.65. The molecule has 0 atom stereocenters. The molecule has 0 aliphatic rings. The van der Waals surface area contributed by atoms with E-state index in [0.29, 0.717) is 41.3 Å². The van der Waals surface area contributed by atoms with Gasteiger partial charge in [0.2, 0.25) is 5.91 Å². The van der Waals surface area contributed by atoms with E-state index in [1.54, 1.807) is 18.2 Å². The Labute approximate surface area is 186 Å². The smallest absolute Gasteiger partial charge is 0.226 e. The van der Waals surface area contributed by atoms with Gasteiger partial charge in [-0.25, -0.2) is 0 Å². The van der Waals surface area contributed by atoms with Crippen LogP contribution in [0.5, 0.6) is 11.5 Å². The molecule has 0 heterocycles. The molecule has 2 aromatic rings. The fourth-order valence-electron chi connectivity index (χ4n) is 2.26. The van der Waals surface area contributed by atoms with Crippen molar-refractivity contribution in [3.8, 4) is 11.5 Å². The summed E-state index contributed by atoms with van der Waals surface area (Å²) >= 11 is 17.1. The Morgan fingerprint density at radius 1 is 1.10 bits per heavy atom. The normalized spacial score (nSPS) is 10.5. The van der Waals surface area contributed by atoms with Gasteiger partial charge in [0.15, 0.2) is 5.11 Å². The van der Waals surface area contributed by atoms with E-state index in [9.17, 15) is 4.79 Å². The average Bonchev–Trinajstić information content (AvgIpc) is 2.66. The number of hydrogen-bond acceptors (Lipinski definition) is 4. The first-order valence-electron chi connectivity index (χ1n) is 9.25. The van der Waals surface area contributed by atoms with Gasteiger partial charge in [0.1, 0.15) is 11.5 Å². The summed E-state index contributed by atoms with van der Waals surface area (Å²) in [6.45, 7) is 5.20. The summed E-state index contributed by atoms with van der Waals surface area (Å²) in [5.41, 5.74) is 0.771. The molecular formula is C21H24Cl2N2O3S. The zero-order valence-corrected chi connectivity index (χ0v) is 18.7. The van der Waals surface area contributed by atoms with Crippen LogP contribution in [0.15, 0.2) is 42.5 Å². The number of halogens is 2. The fourth-order valence-corrected chi connectivity index (χ4v) is 2.95. The van der Waals surface area contributed by atoms with E-state index in [4.69, 9.17) is 44.9 Å². The summed E-state index contributed by atoms with van der Waals surface area (Å²) in [6.07, 6.45) is 0.796. The second-order valence-corrected chi connectivity index (χ2v) is 8.01. The van der Waals surface area contributed by atoms with Crippen LogP contribution in [0, 0.1) is 5.92 Å². The largest absolute Gasteiger partial charge is 0.493 e. The van der Waals surface area contributed by atoms with Gasteiger partial charge in [0.05, 0.1) is 18.2 Å². The molecule has 2 N–H and O–H groups in total. The van der Waals surface area contributed by atoms with Crippen LogP contribution in [0.2, 0.25) is 10.0 Å². The van der Waals surface area contributed by atoms with E-state index in [1.165, 1.54) is 0 Å². The molecule has 0 aromatic heterocycles. The zero-order valence-electron chi connectivity index (χ0n) is 16.3. The van der Waals surface area contributed by atoms with Crippen molar-refractivity contribution in [2.45, 2.75) is 26.7 Å². The molecule has 0 unspecified atom stereocenters. The van der Waals surface area contributed by atoms with Crippen molar-refractivity contribution in [1.82, 2.24) is 5.32 Å². The molecule has 156 valence electrons. The minimum Gasteiger partial charge on any atom is -0.493 e. The van der Waals surface area contributed by atoms with Crippen molar-refractivity contribution < 1.29 is 14.3 Å². The minimum atomic E-state index is -0.190. The van der Waals surface area contributed by atoms with E-state index in [1.807, 2.05) is 24.3 Å². The van der Waals surface area contributed by atoms with Gasteiger partial charge >= 0.3 is 0 Å². The summed E-state index contributed by atoms with van der Waals surface area (Å²) in [5, 5.41) is 6.85. The van der Waals surface area contributed by atoms with Gasteiger partial charge in [-0.3, -0.25) is 4.79 Å². The van der Waals surface area contributed by atoms with E-state index >= 15 is 0 Å². The number of carbonyl (C=O) groups excluding carboxylic acids is 1. The predicted octanol–water partition coefficient (Wildman–Crippen LogP) is 5.70. The number of rotatable bonds is 9. The first-order valence-corrected chi connectivity index (χ1v) is 10.4. The Hall–Kier alpha value is -2.02. The van der Waals surface area contributed by atoms with E-state index in [-0.39, 0.29) is 17.4 Å². The summed E-state index contributed by atoms with van der Waals surface area (Å²) < 4.78 is 11.2. The molecule has 2 rings (SSSR count). The second-order valence-electron chi connectivity index (χ2n) is 6.76. The van der Waals surface area contributed by atoms with Gasteiger partial charge in [0, 0.05) is 17.1 Å². The van der Waals surface area contributed by atoms with Crippen LogP contribution in [0.25, 0.3) is 0 Å². The van der Waals surface area contributed by atoms with Crippen molar-refractivity contribution in [3.63, 3.8) is 0 Å². The quantitative estimate of drug-likeness (QED) is 0.375. The van der Waals surface area contributed by atoms with E-state index in [0.717, 1.165) is 11.4 Å². The van der Waals surface area contributed by atoms with E-state index < -0.39 is 0 Å². The van der Waals surface area contributed by atoms with Crippen molar-refractivity contribution in [1.29, 1.82) is 0 Å². The van der Waals surface area contributed by atoms with Crippen molar-refractivity contribution in [3.05, 3.63) is 52.5 Å². The van der Waals surface area contributed by atoms with Gasteiger partial charge < -0.3 is 20.1 Å². The highest BCUT2D eigenvalue weighted by Crippen LogP contribution is 2.27. The Kier molecular flexibility index (Phi) is 9.51. The third kappa shape index (κ3) is 8.90. The van der Waals surface area contributed by atoms with Gasteiger partial charge in [-0.2, -0.15) is 0 Å². The number of amides is 1. The summed E-state index contributed by atoms with van der Waals surface area (Å²) in [4.78, 5) is 12.0. The highest BCUT2D eigenvalue weighted by Gasteiger charge is 2.07. The standard InChI is InChI=1S/C21H24Cl2N2O3S/c1-14(2)13-28-17-8-6-16(7-9-17)24-21(29)25-20(26)4-3-11-27-19-10-5-15(22)12-18(19)23/h5-10,12,14H,3-4,11,13H2,1-2H3,(H2,24,25,26,29). The maximum absolute atomic E-state index is 12.0. The number of nitrogens with one attached hydrogen (secondary N) is 2. The first kappa shape index (κ1) is 23.3. The number of hydrogen-bond donors (Lipinski definition) is 2. The topological polar surface area (TPSA) is 59.6 Å². The Morgan fingerprint density at radius 2 is 1.83 bits per heavy atom. The predicted molar refractivity (Wildman–Crippen MR) is 122 cm³/mol. The molecule has 29 heavy (non-hydrogen) atoms. The van der Waals surface area contributed by atoms with Crippen LogP contribution in [-0.2, 0) is 4.79 Å². The molecule has 0 fully saturated rings. The van der Waals surface area contributed by atoms with Crippen LogP contribution in [0.1, 0.15) is 26.7 Å². The molecule has 0 radical (unpaired) electrons. The minimum absolute atomic E-state index is 0.190. The number of ether oxygens (including phenoxy) is 2. The summed E-state index contributed by atoms with van der Waals surface area (Å²) in [5.74, 6) is 1.60. The van der Waals surface area contributed by atoms with Gasteiger partial charge in [0.25, 0.3) is 0 Å². The lowest BCUT2D eigenvalue weighted by atomic mass is 10.2. The molecule has 2 aromatic carbocycles. The molecule has 1 amide bonds. The van der Waals surface area contributed by atoms with Crippen molar-refractivity contribution in [2.24, 2.45) is 5.92 Å². The van der Waals surface area contributed by atoms with E-state index in [2.05, 4.69) is 24.5 Å². The Balaban J connectivity index is 1.67. The fraction of sp³-hybridized carbons (Fsp3) is 0.333. The maximum Gasteiger partial charge on any atom is 0.226 e.